The topological polar surface area (TPSA) is 261 Å². The number of ketones is 2. The fourth-order valence-electron chi connectivity index (χ4n) is 5.06. The quantitative estimate of drug-likeness (QED) is 0.131. The predicted octanol–water partition coefficient (Wildman–Crippen LogP) is 1.37. The van der Waals surface area contributed by atoms with Gasteiger partial charge in [-0.25, -0.2) is 0 Å². The summed E-state index contributed by atoms with van der Waals surface area (Å²) in [6, 6.07) is 3.69. The van der Waals surface area contributed by atoms with Crippen molar-refractivity contribution in [3.05, 3.63) is 63.2 Å². The van der Waals surface area contributed by atoms with Gasteiger partial charge < -0.3 is 16.8 Å². The largest absolute Gasteiger partial charge is 0.397 e. The van der Waals surface area contributed by atoms with Gasteiger partial charge in [-0.2, -0.15) is 25.3 Å². The van der Waals surface area contributed by atoms with Crippen LogP contribution in [0.4, 0.5) is 11.4 Å². The fourth-order valence-corrected chi connectivity index (χ4v) is 7.11. The van der Waals surface area contributed by atoms with Crippen molar-refractivity contribution in [1.29, 1.82) is 0 Å². The zero-order valence-electron chi connectivity index (χ0n) is 21.5. The monoisotopic (exact) mass is 625 g/mol. The molecule has 3 aromatic rings. The summed E-state index contributed by atoms with van der Waals surface area (Å²) in [7, 11) is -13.5. The third kappa shape index (κ3) is 4.80. The highest BCUT2D eigenvalue weighted by Gasteiger charge is 2.40. The molecule has 0 aliphatic heterocycles. The van der Waals surface area contributed by atoms with Crippen LogP contribution in [0.15, 0.2) is 39.0 Å². The zero-order valence-corrected chi connectivity index (χ0v) is 24.0. The molecular formula is C24H23N3O11S3. The van der Waals surface area contributed by atoms with Gasteiger partial charge in [-0.1, -0.05) is 0 Å². The highest BCUT2D eigenvalue weighted by Crippen LogP contribution is 2.48. The van der Waals surface area contributed by atoms with E-state index < -0.39 is 90.2 Å². The average molecular weight is 626 g/mol. The first-order valence-electron chi connectivity index (χ1n) is 11.4. The van der Waals surface area contributed by atoms with E-state index in [9.17, 15) is 48.5 Å². The van der Waals surface area contributed by atoms with Gasteiger partial charge in [0.05, 0.1) is 26.7 Å². The molecule has 1 aliphatic rings. The van der Waals surface area contributed by atoms with Gasteiger partial charge in [-0.05, 0) is 67.4 Å². The van der Waals surface area contributed by atoms with E-state index in [-0.39, 0.29) is 34.4 Å². The van der Waals surface area contributed by atoms with E-state index in [2.05, 4.69) is 5.32 Å². The van der Waals surface area contributed by atoms with Gasteiger partial charge in [0.2, 0.25) is 0 Å². The van der Waals surface area contributed by atoms with Crippen molar-refractivity contribution in [2.24, 2.45) is 0 Å². The minimum Gasteiger partial charge on any atom is -0.397 e. The first-order chi connectivity index (χ1) is 18.7. The molecule has 0 atom stereocenters. The van der Waals surface area contributed by atoms with Crippen LogP contribution in [-0.2, 0) is 36.9 Å². The number of anilines is 2. The van der Waals surface area contributed by atoms with Crippen LogP contribution in [0.3, 0.4) is 0 Å². The summed E-state index contributed by atoms with van der Waals surface area (Å²) in [6.45, 7) is 2.79. The van der Waals surface area contributed by atoms with E-state index in [1.807, 2.05) is 0 Å². The lowest BCUT2D eigenvalue weighted by molar-refractivity contribution is 0.0979. The van der Waals surface area contributed by atoms with Crippen LogP contribution in [0.5, 0.6) is 0 Å². The van der Waals surface area contributed by atoms with E-state index >= 15 is 0 Å². The molecule has 0 spiro atoms. The Morgan fingerprint density at radius 2 is 1.27 bits per heavy atom. The summed E-state index contributed by atoms with van der Waals surface area (Å²) in [5.74, 6) is -2.11. The third-order valence-electron chi connectivity index (χ3n) is 6.82. The predicted molar refractivity (Wildman–Crippen MR) is 146 cm³/mol. The molecule has 0 amide bonds. The number of rotatable bonds is 6. The SMILES string of the molecule is CNCc1cc(S(=O)(=O)O)c(C)c(-c2c(N)c(S(=O)(=O)O)c(N)c3c2C(=O)c2ccc(S(=O)(=O)O)cc2C3=O)c1C. The van der Waals surface area contributed by atoms with E-state index in [1.165, 1.54) is 19.9 Å². The lowest BCUT2D eigenvalue weighted by atomic mass is 9.77. The summed E-state index contributed by atoms with van der Waals surface area (Å²) in [5.41, 5.74) is 8.16. The lowest BCUT2D eigenvalue weighted by Crippen LogP contribution is -2.27. The minimum atomic E-state index is -5.29. The maximum absolute atomic E-state index is 13.9. The molecule has 218 valence electrons. The molecule has 0 saturated heterocycles. The van der Waals surface area contributed by atoms with Crippen LogP contribution in [-0.4, -0.2) is 57.5 Å². The van der Waals surface area contributed by atoms with Crippen molar-refractivity contribution < 1.29 is 48.5 Å². The number of fused-ring (bicyclic) bond motifs is 2. The Balaban J connectivity index is 2.30. The molecule has 0 bridgehead atoms. The van der Waals surface area contributed by atoms with Crippen molar-refractivity contribution in [3.63, 3.8) is 0 Å². The molecule has 8 N–H and O–H groups in total. The number of nitrogen functional groups attached to an aromatic ring is 2. The normalized spacial score (nSPS) is 13.7. The second kappa shape index (κ2) is 9.69. The van der Waals surface area contributed by atoms with Crippen molar-refractivity contribution in [1.82, 2.24) is 5.32 Å². The maximum Gasteiger partial charge on any atom is 0.298 e. The second-order valence-corrected chi connectivity index (χ2v) is 13.4. The Bertz CT molecular complexity index is 2050. The Hall–Kier alpha value is -3.71. The second-order valence-electron chi connectivity index (χ2n) is 9.26. The molecule has 1 aliphatic carbocycles. The van der Waals surface area contributed by atoms with Crippen LogP contribution < -0.4 is 16.8 Å². The van der Waals surface area contributed by atoms with Gasteiger partial charge in [-0.15, -0.1) is 0 Å². The molecular weight excluding hydrogens is 602 g/mol. The van der Waals surface area contributed by atoms with Crippen molar-refractivity contribution in [3.8, 4) is 11.1 Å². The van der Waals surface area contributed by atoms with Gasteiger partial charge in [0.15, 0.2) is 11.6 Å². The van der Waals surface area contributed by atoms with Gasteiger partial charge in [0, 0.05) is 28.8 Å². The molecule has 0 saturated carbocycles. The number of nitrogens with two attached hydrogens (primary N) is 2. The van der Waals surface area contributed by atoms with E-state index in [4.69, 9.17) is 11.5 Å². The highest BCUT2D eigenvalue weighted by molar-refractivity contribution is 7.86. The maximum atomic E-state index is 13.9. The van der Waals surface area contributed by atoms with Crippen LogP contribution in [0.1, 0.15) is 48.5 Å². The first-order valence-corrected chi connectivity index (χ1v) is 15.7. The third-order valence-corrected chi connectivity index (χ3v) is 9.61. The van der Waals surface area contributed by atoms with Gasteiger partial charge in [-0.3, -0.25) is 23.2 Å². The summed E-state index contributed by atoms with van der Waals surface area (Å²) in [4.78, 5) is 25.2. The molecule has 0 unspecified atom stereocenters. The molecule has 41 heavy (non-hydrogen) atoms. The van der Waals surface area contributed by atoms with E-state index in [1.54, 1.807) is 7.05 Å². The molecule has 17 heteroatoms. The minimum absolute atomic E-state index is 0.0397. The summed E-state index contributed by atoms with van der Waals surface area (Å²) < 4.78 is 102. The molecule has 0 heterocycles. The molecule has 0 fully saturated rings. The number of nitrogens with one attached hydrogen (secondary N) is 1. The number of benzene rings is 3. The number of carbonyl (C=O) groups is 2. The Morgan fingerprint density at radius 1 is 0.707 bits per heavy atom. The Labute approximate surface area is 234 Å². The smallest absolute Gasteiger partial charge is 0.298 e. The highest BCUT2D eigenvalue weighted by atomic mass is 32.2. The zero-order chi connectivity index (χ0) is 31.0. The van der Waals surface area contributed by atoms with Crippen LogP contribution in [0.2, 0.25) is 0 Å². The Morgan fingerprint density at radius 3 is 1.78 bits per heavy atom. The number of carbonyl (C=O) groups excluding carboxylic acids is 2. The van der Waals surface area contributed by atoms with Crippen LogP contribution >= 0.6 is 0 Å². The number of hydrogen-bond donors (Lipinski definition) is 6. The van der Waals surface area contributed by atoms with Crippen LogP contribution in [0.25, 0.3) is 11.1 Å². The van der Waals surface area contributed by atoms with Crippen molar-refractivity contribution in [2.75, 3.05) is 18.5 Å². The molecule has 4 rings (SSSR count). The Kier molecular flexibility index (Phi) is 7.15. The average Bonchev–Trinajstić information content (AvgIpc) is 2.83. The van der Waals surface area contributed by atoms with E-state index in [0.717, 1.165) is 12.1 Å². The standard InChI is InChI=1S/C24H23N3O11S3/c1-9-11(8-27-3)6-15(40(33,34)35)10(2)16(9)17-18-19(21(26)24(20(17)25)41(36,37)38)23(29)14-7-12(39(30,31)32)4-5-13(14)22(18)28/h4-7,27H,8,25-26H2,1-3H3,(H,30,31,32)(H,33,34,35)(H,36,37,38). The fraction of sp³-hybridized carbons (Fsp3) is 0.167. The van der Waals surface area contributed by atoms with Crippen LogP contribution in [0, 0.1) is 13.8 Å². The lowest BCUT2D eigenvalue weighted by Gasteiger charge is -2.27. The summed E-state index contributed by atoms with van der Waals surface area (Å²) in [6.07, 6.45) is 0. The van der Waals surface area contributed by atoms with Gasteiger partial charge in [0.1, 0.15) is 4.90 Å². The van der Waals surface area contributed by atoms with Gasteiger partial charge >= 0.3 is 0 Å². The molecule has 3 aromatic carbocycles. The van der Waals surface area contributed by atoms with Crippen molar-refractivity contribution >= 4 is 53.3 Å². The first kappa shape index (κ1) is 30.3. The van der Waals surface area contributed by atoms with E-state index in [0.29, 0.717) is 6.07 Å². The molecule has 0 radical (unpaired) electrons. The molecule has 14 nitrogen and oxygen atoms in total. The molecule has 0 aromatic heterocycles. The number of hydrogen-bond acceptors (Lipinski definition) is 11. The summed E-state index contributed by atoms with van der Waals surface area (Å²) in [5, 5.41) is 2.82. The van der Waals surface area contributed by atoms with Gasteiger partial charge in [0.25, 0.3) is 30.4 Å². The summed E-state index contributed by atoms with van der Waals surface area (Å²) >= 11 is 0. The van der Waals surface area contributed by atoms with Crippen molar-refractivity contribution in [2.45, 2.75) is 35.1 Å².